The summed E-state index contributed by atoms with van der Waals surface area (Å²) in [6, 6.07) is 8.10. The van der Waals surface area contributed by atoms with E-state index in [0.717, 1.165) is 37.4 Å². The summed E-state index contributed by atoms with van der Waals surface area (Å²) in [6.07, 6.45) is 1.64. The smallest absolute Gasteiger partial charge is 0.227 e. The minimum atomic E-state index is 0.144. The molecule has 0 radical (unpaired) electrons. The van der Waals surface area contributed by atoms with E-state index in [1.807, 2.05) is 23.1 Å². The second-order valence-electron chi connectivity index (χ2n) is 6.30. The fourth-order valence-electron chi connectivity index (χ4n) is 2.35. The van der Waals surface area contributed by atoms with Crippen molar-refractivity contribution >= 4 is 17.3 Å². The van der Waals surface area contributed by atoms with Gasteiger partial charge in [-0.25, -0.2) is 0 Å². The van der Waals surface area contributed by atoms with Gasteiger partial charge in [-0.05, 0) is 45.4 Å². The Morgan fingerprint density at radius 3 is 2.70 bits per heavy atom. The molecule has 0 spiro atoms. The van der Waals surface area contributed by atoms with E-state index >= 15 is 0 Å². The summed E-state index contributed by atoms with van der Waals surface area (Å²) < 4.78 is 0. The quantitative estimate of drug-likeness (QED) is 0.812. The lowest BCUT2D eigenvalue weighted by molar-refractivity contribution is -0.117. The van der Waals surface area contributed by atoms with Gasteiger partial charge in [0.15, 0.2) is 0 Å². The van der Waals surface area contributed by atoms with Crippen LogP contribution in [0.25, 0.3) is 0 Å². The maximum absolute atomic E-state index is 11.8. The van der Waals surface area contributed by atoms with Gasteiger partial charge < -0.3 is 15.5 Å². The third-order valence-electron chi connectivity index (χ3n) is 3.34. The molecule has 0 saturated carbocycles. The van der Waals surface area contributed by atoms with Crippen LogP contribution < -0.4 is 15.5 Å². The molecule has 0 aromatic heterocycles. The van der Waals surface area contributed by atoms with Crippen molar-refractivity contribution in [1.29, 1.82) is 0 Å². The Labute approximate surface area is 121 Å². The third-order valence-corrected chi connectivity index (χ3v) is 3.34. The van der Waals surface area contributed by atoms with Crippen LogP contribution in [0.2, 0.25) is 0 Å². The molecule has 1 aromatic rings. The molecule has 1 aliphatic heterocycles. The number of nitrogens with zero attached hydrogens (tertiary/aromatic N) is 1. The van der Waals surface area contributed by atoms with Crippen molar-refractivity contribution in [3.05, 3.63) is 24.3 Å². The average Bonchev–Trinajstić information content (AvgIpc) is 2.80. The van der Waals surface area contributed by atoms with Crippen molar-refractivity contribution in [3.8, 4) is 0 Å². The molecule has 1 amide bonds. The van der Waals surface area contributed by atoms with Crippen LogP contribution in [0, 0.1) is 0 Å². The fraction of sp³-hybridized carbons (Fsp3) is 0.562. The Kier molecular flexibility index (Phi) is 4.65. The SMILES string of the molecule is CC(C)(C)NCCNc1cccc(N2CCCC2=O)c1. The van der Waals surface area contributed by atoms with Crippen molar-refractivity contribution in [2.24, 2.45) is 0 Å². The van der Waals surface area contributed by atoms with E-state index in [1.54, 1.807) is 0 Å². The molecular formula is C16H25N3O. The molecule has 1 fully saturated rings. The zero-order valence-corrected chi connectivity index (χ0v) is 12.7. The molecule has 0 bridgehead atoms. The highest BCUT2D eigenvalue weighted by Crippen LogP contribution is 2.24. The van der Waals surface area contributed by atoms with Crippen molar-refractivity contribution in [2.75, 3.05) is 29.9 Å². The minimum absolute atomic E-state index is 0.144. The molecule has 1 saturated heterocycles. The average molecular weight is 275 g/mol. The summed E-state index contributed by atoms with van der Waals surface area (Å²) in [4.78, 5) is 13.6. The van der Waals surface area contributed by atoms with Gasteiger partial charge in [-0.3, -0.25) is 4.79 Å². The highest BCUT2D eigenvalue weighted by molar-refractivity contribution is 5.95. The Hall–Kier alpha value is -1.55. The molecule has 4 nitrogen and oxygen atoms in total. The zero-order valence-electron chi connectivity index (χ0n) is 12.7. The summed E-state index contributed by atoms with van der Waals surface area (Å²) >= 11 is 0. The number of rotatable bonds is 5. The van der Waals surface area contributed by atoms with Crippen LogP contribution >= 0.6 is 0 Å². The van der Waals surface area contributed by atoms with Crippen molar-refractivity contribution in [1.82, 2.24) is 5.32 Å². The zero-order chi connectivity index (χ0) is 14.6. The summed E-state index contributed by atoms with van der Waals surface area (Å²) in [6.45, 7) is 9.10. The van der Waals surface area contributed by atoms with Gasteiger partial charge >= 0.3 is 0 Å². The van der Waals surface area contributed by atoms with Crippen LogP contribution in [0.4, 0.5) is 11.4 Å². The Bertz CT molecular complexity index is 465. The van der Waals surface area contributed by atoms with Gasteiger partial charge in [-0.15, -0.1) is 0 Å². The lowest BCUT2D eigenvalue weighted by atomic mass is 10.1. The molecule has 0 unspecified atom stereocenters. The van der Waals surface area contributed by atoms with Gasteiger partial charge in [0.05, 0.1) is 0 Å². The molecular weight excluding hydrogens is 250 g/mol. The van der Waals surface area contributed by atoms with Gasteiger partial charge in [0.2, 0.25) is 5.91 Å². The number of carbonyl (C=O) groups is 1. The summed E-state index contributed by atoms with van der Waals surface area (Å²) in [5.41, 5.74) is 2.21. The van der Waals surface area contributed by atoms with Crippen LogP contribution in [0.5, 0.6) is 0 Å². The second kappa shape index (κ2) is 6.27. The Balaban J connectivity index is 1.88. The van der Waals surface area contributed by atoms with Gasteiger partial charge in [0.25, 0.3) is 0 Å². The normalized spacial score (nSPS) is 15.8. The Morgan fingerprint density at radius 2 is 2.05 bits per heavy atom. The van der Waals surface area contributed by atoms with Crippen molar-refractivity contribution in [2.45, 2.75) is 39.2 Å². The highest BCUT2D eigenvalue weighted by Gasteiger charge is 2.21. The summed E-state index contributed by atoms with van der Waals surface area (Å²) in [5.74, 6) is 0.233. The number of hydrogen-bond acceptors (Lipinski definition) is 3. The summed E-state index contributed by atoms with van der Waals surface area (Å²) in [5, 5.41) is 6.84. The van der Waals surface area contributed by atoms with E-state index in [-0.39, 0.29) is 11.4 Å². The van der Waals surface area contributed by atoms with Crippen molar-refractivity contribution in [3.63, 3.8) is 0 Å². The fourth-order valence-corrected chi connectivity index (χ4v) is 2.35. The van der Waals surface area contributed by atoms with Gasteiger partial charge in [-0.1, -0.05) is 6.07 Å². The molecule has 110 valence electrons. The number of amides is 1. The van der Waals surface area contributed by atoms with Crippen LogP contribution in [0.1, 0.15) is 33.6 Å². The molecule has 0 atom stereocenters. The predicted octanol–water partition coefficient (Wildman–Crippen LogP) is 2.61. The molecule has 20 heavy (non-hydrogen) atoms. The minimum Gasteiger partial charge on any atom is -0.384 e. The van der Waals surface area contributed by atoms with E-state index in [1.165, 1.54) is 0 Å². The van der Waals surface area contributed by atoms with E-state index < -0.39 is 0 Å². The number of hydrogen-bond donors (Lipinski definition) is 2. The molecule has 0 aliphatic carbocycles. The number of anilines is 2. The first-order chi connectivity index (χ1) is 9.46. The lowest BCUT2D eigenvalue weighted by Gasteiger charge is -2.21. The number of nitrogens with one attached hydrogen (secondary N) is 2. The number of carbonyl (C=O) groups excluding carboxylic acids is 1. The Morgan fingerprint density at radius 1 is 1.25 bits per heavy atom. The number of benzene rings is 1. The highest BCUT2D eigenvalue weighted by atomic mass is 16.2. The van der Waals surface area contributed by atoms with E-state index in [2.05, 4.69) is 37.5 Å². The third kappa shape index (κ3) is 4.23. The second-order valence-corrected chi connectivity index (χ2v) is 6.30. The predicted molar refractivity (Wildman–Crippen MR) is 84.3 cm³/mol. The molecule has 1 aromatic carbocycles. The monoisotopic (exact) mass is 275 g/mol. The van der Waals surface area contributed by atoms with E-state index in [9.17, 15) is 4.79 Å². The summed E-state index contributed by atoms with van der Waals surface area (Å²) in [7, 11) is 0. The van der Waals surface area contributed by atoms with Crippen LogP contribution in [-0.2, 0) is 4.79 Å². The van der Waals surface area contributed by atoms with Gasteiger partial charge in [0.1, 0.15) is 0 Å². The van der Waals surface area contributed by atoms with Crippen molar-refractivity contribution < 1.29 is 4.79 Å². The van der Waals surface area contributed by atoms with Crippen LogP contribution in [-0.4, -0.2) is 31.1 Å². The molecule has 4 heteroatoms. The first kappa shape index (κ1) is 14.9. The van der Waals surface area contributed by atoms with Crippen LogP contribution in [0.15, 0.2) is 24.3 Å². The first-order valence-corrected chi connectivity index (χ1v) is 7.35. The topological polar surface area (TPSA) is 44.4 Å². The van der Waals surface area contributed by atoms with E-state index in [4.69, 9.17) is 0 Å². The molecule has 2 rings (SSSR count). The molecule has 1 aliphatic rings. The van der Waals surface area contributed by atoms with Gasteiger partial charge in [-0.2, -0.15) is 0 Å². The largest absolute Gasteiger partial charge is 0.384 e. The maximum Gasteiger partial charge on any atom is 0.227 e. The first-order valence-electron chi connectivity index (χ1n) is 7.35. The van der Waals surface area contributed by atoms with E-state index in [0.29, 0.717) is 6.42 Å². The van der Waals surface area contributed by atoms with Crippen LogP contribution in [0.3, 0.4) is 0 Å². The molecule has 1 heterocycles. The standard InChI is InChI=1S/C16H25N3O/c1-16(2,3)18-10-9-17-13-6-4-7-14(12-13)19-11-5-8-15(19)20/h4,6-7,12,17-18H,5,8-11H2,1-3H3. The maximum atomic E-state index is 11.8. The molecule has 2 N–H and O–H groups in total. The lowest BCUT2D eigenvalue weighted by Crippen LogP contribution is -2.38. The van der Waals surface area contributed by atoms with Gasteiger partial charge in [0, 0.05) is 43.0 Å².